The Balaban J connectivity index is 7.17. The zero-order valence-corrected chi connectivity index (χ0v) is 15.5. The van der Waals surface area contributed by atoms with Gasteiger partial charge >= 0.3 is 65.4 Å². The van der Waals surface area contributed by atoms with Gasteiger partial charge in [-0.1, -0.05) is 6.58 Å². The van der Waals surface area contributed by atoms with Gasteiger partial charge in [-0.15, -0.1) is 0 Å². The van der Waals surface area contributed by atoms with Gasteiger partial charge in [0.15, 0.2) is 0 Å². The molecule has 36 heavy (non-hydrogen) atoms. The molecule has 0 heterocycles. The summed E-state index contributed by atoms with van der Waals surface area (Å²) in [6.45, 7) is 1.47. The molecule has 0 atom stereocenters. The van der Waals surface area contributed by atoms with E-state index in [0.717, 1.165) is 0 Å². The molecule has 0 aromatic carbocycles. The van der Waals surface area contributed by atoms with Crippen molar-refractivity contribution in [2.75, 3.05) is 0 Å². The maximum Gasteiger partial charge on any atom is 0.460 e. The third-order valence-corrected chi connectivity index (χ3v) is 4.15. The molecule has 214 valence electrons. The SMILES string of the molecule is C=C(C(=O)O)C(F)(F)C(F)(F)C(F)(F)C(F)(F)C(F)(F)C(F)(F)C(F)(F)C(F)(F)C(F)(F)C(F)(F)F. The minimum atomic E-state index is -9.28. The second-order valence-corrected chi connectivity index (χ2v) is 6.45. The lowest BCUT2D eigenvalue weighted by molar-refractivity contribution is -0.473. The zero-order valence-electron chi connectivity index (χ0n) is 15.5. The molecule has 2 nitrogen and oxygen atoms in total. The van der Waals surface area contributed by atoms with Crippen molar-refractivity contribution in [3.8, 4) is 0 Å². The lowest BCUT2D eigenvalue weighted by Crippen LogP contribution is -2.77. The highest BCUT2D eigenvalue weighted by molar-refractivity contribution is 5.88. The van der Waals surface area contributed by atoms with Gasteiger partial charge < -0.3 is 5.11 Å². The summed E-state index contributed by atoms with van der Waals surface area (Å²) in [5.74, 6) is -82.3. The predicted octanol–water partition coefficient (Wildman–Crippen LogP) is 6.91. The summed E-state index contributed by atoms with van der Waals surface area (Å²) in [5.41, 5.74) is -3.54. The number of halogens is 21. The molecule has 23 heteroatoms. The Labute approximate surface area is 181 Å². The summed E-state index contributed by atoms with van der Waals surface area (Å²) in [4.78, 5) is 10.2. The van der Waals surface area contributed by atoms with E-state index in [9.17, 15) is 97.0 Å². The molecular formula is C13H3F21O2. The Morgan fingerprint density at radius 2 is 0.611 bits per heavy atom. The molecule has 0 aromatic heterocycles. The van der Waals surface area contributed by atoms with Gasteiger partial charge in [0.1, 0.15) is 5.57 Å². The number of rotatable bonds is 10. The normalized spacial score (nSPS) is 16.2. The van der Waals surface area contributed by atoms with E-state index in [4.69, 9.17) is 5.11 Å². The molecule has 0 saturated heterocycles. The maximum absolute atomic E-state index is 13.5. The van der Waals surface area contributed by atoms with E-state index >= 15 is 0 Å². The van der Waals surface area contributed by atoms with Crippen LogP contribution >= 0.6 is 0 Å². The van der Waals surface area contributed by atoms with E-state index in [1.54, 1.807) is 0 Å². The van der Waals surface area contributed by atoms with Crippen LogP contribution in [-0.4, -0.2) is 70.6 Å². The van der Waals surface area contributed by atoms with Crippen molar-refractivity contribution in [1.82, 2.24) is 0 Å². The summed E-state index contributed by atoms with van der Waals surface area (Å²) >= 11 is 0. The molecule has 0 radical (unpaired) electrons. The average molecular weight is 590 g/mol. The summed E-state index contributed by atoms with van der Waals surface area (Å²) in [5, 5.41) is 8.02. The summed E-state index contributed by atoms with van der Waals surface area (Å²) in [6.07, 6.45) is -8.05. The fourth-order valence-corrected chi connectivity index (χ4v) is 1.88. The van der Waals surface area contributed by atoms with Gasteiger partial charge in [0, 0.05) is 0 Å². The van der Waals surface area contributed by atoms with Gasteiger partial charge in [-0.25, -0.2) is 4.79 Å². The van der Waals surface area contributed by atoms with Crippen molar-refractivity contribution < 1.29 is 102 Å². The summed E-state index contributed by atoms with van der Waals surface area (Å²) in [6, 6.07) is 0. The monoisotopic (exact) mass is 590 g/mol. The van der Waals surface area contributed by atoms with Gasteiger partial charge in [0.25, 0.3) is 0 Å². The van der Waals surface area contributed by atoms with E-state index in [1.807, 2.05) is 0 Å². The van der Waals surface area contributed by atoms with Crippen molar-refractivity contribution in [2.24, 2.45) is 0 Å². The molecule has 1 N–H and O–H groups in total. The Morgan fingerprint density at radius 3 is 0.806 bits per heavy atom. The molecule has 0 amide bonds. The smallest absolute Gasteiger partial charge is 0.460 e. The molecule has 0 aliphatic heterocycles. The fraction of sp³-hybridized carbons (Fsp3) is 0.769. The summed E-state index contributed by atoms with van der Waals surface area (Å²) in [7, 11) is 0. The van der Waals surface area contributed by atoms with Crippen molar-refractivity contribution in [1.29, 1.82) is 0 Å². The molecular weight excluding hydrogens is 587 g/mol. The van der Waals surface area contributed by atoms with Crippen LogP contribution in [0.5, 0.6) is 0 Å². The quantitative estimate of drug-likeness (QED) is 0.222. The van der Waals surface area contributed by atoms with Gasteiger partial charge in [0.05, 0.1) is 0 Å². The van der Waals surface area contributed by atoms with Crippen LogP contribution in [-0.2, 0) is 4.79 Å². The minimum Gasteiger partial charge on any atom is -0.478 e. The van der Waals surface area contributed by atoms with Crippen molar-refractivity contribution in [2.45, 2.75) is 59.5 Å². The molecule has 0 bridgehead atoms. The summed E-state index contributed by atoms with van der Waals surface area (Å²) < 4.78 is 274. The second kappa shape index (κ2) is 8.12. The van der Waals surface area contributed by atoms with E-state index < -0.39 is 71.0 Å². The molecule has 0 spiro atoms. The number of carboxylic acids is 1. The molecule has 0 aliphatic rings. The largest absolute Gasteiger partial charge is 0.478 e. The maximum atomic E-state index is 13.5. The standard InChI is InChI=1S/C13H3F21O2/c1-2(3(35)36)4(14,15)5(16,17)6(18,19)7(20,21)8(22,23)9(24,25)10(26,27)11(28,29)12(30,31)13(32,33)34/h1H2,(H,35,36). The lowest BCUT2D eigenvalue weighted by Gasteiger charge is -2.44. The van der Waals surface area contributed by atoms with E-state index in [2.05, 4.69) is 0 Å². The van der Waals surface area contributed by atoms with Crippen molar-refractivity contribution >= 4 is 5.97 Å². The molecule has 0 saturated carbocycles. The number of hydrogen-bond acceptors (Lipinski definition) is 1. The molecule has 0 unspecified atom stereocenters. The fourth-order valence-electron chi connectivity index (χ4n) is 1.88. The lowest BCUT2D eigenvalue weighted by atomic mass is 9.85. The average Bonchev–Trinajstić information content (AvgIpc) is 2.64. The van der Waals surface area contributed by atoms with Gasteiger partial charge in [0.2, 0.25) is 0 Å². The Morgan fingerprint density at radius 1 is 0.417 bits per heavy atom. The van der Waals surface area contributed by atoms with Gasteiger partial charge in [-0.05, 0) is 0 Å². The number of carboxylic acid groups (broad SMARTS) is 1. The second-order valence-electron chi connectivity index (χ2n) is 6.45. The first kappa shape index (κ1) is 33.7. The third-order valence-electron chi connectivity index (χ3n) is 4.15. The van der Waals surface area contributed by atoms with Gasteiger partial charge in [-0.2, -0.15) is 92.2 Å². The number of aliphatic carboxylic acids is 1. The third kappa shape index (κ3) is 3.81. The minimum absolute atomic E-state index is 1.47. The highest BCUT2D eigenvalue weighted by Crippen LogP contribution is 2.66. The Hall–Kier alpha value is -2.26. The highest BCUT2D eigenvalue weighted by Gasteiger charge is 2.98. The van der Waals surface area contributed by atoms with Crippen molar-refractivity contribution in [3.63, 3.8) is 0 Å². The predicted molar refractivity (Wildman–Crippen MR) is 67.4 cm³/mol. The molecule has 0 rings (SSSR count). The highest BCUT2D eigenvalue weighted by atomic mass is 19.4. The van der Waals surface area contributed by atoms with Gasteiger partial charge in [-0.3, -0.25) is 0 Å². The van der Waals surface area contributed by atoms with Crippen LogP contribution in [0.1, 0.15) is 0 Å². The first-order valence-electron chi connectivity index (χ1n) is 7.50. The number of alkyl halides is 21. The molecule has 0 fully saturated rings. The Bertz CT molecular complexity index is 879. The van der Waals surface area contributed by atoms with Crippen LogP contribution in [0.4, 0.5) is 92.2 Å². The topological polar surface area (TPSA) is 37.3 Å². The van der Waals surface area contributed by atoms with E-state index in [1.165, 1.54) is 6.58 Å². The first-order valence-corrected chi connectivity index (χ1v) is 7.50. The van der Waals surface area contributed by atoms with E-state index in [-0.39, 0.29) is 0 Å². The molecule has 0 aliphatic carbocycles. The van der Waals surface area contributed by atoms with Crippen LogP contribution in [0.25, 0.3) is 0 Å². The van der Waals surface area contributed by atoms with Crippen molar-refractivity contribution in [3.05, 3.63) is 12.2 Å². The van der Waals surface area contributed by atoms with E-state index in [0.29, 0.717) is 0 Å². The van der Waals surface area contributed by atoms with Crippen LogP contribution in [0, 0.1) is 0 Å². The Kier molecular flexibility index (Phi) is 7.61. The zero-order chi connectivity index (χ0) is 30.2. The van der Waals surface area contributed by atoms with Crippen LogP contribution < -0.4 is 0 Å². The van der Waals surface area contributed by atoms with Crippen LogP contribution in [0.2, 0.25) is 0 Å². The van der Waals surface area contributed by atoms with Crippen LogP contribution in [0.15, 0.2) is 12.2 Å². The number of hydrogen-bond donors (Lipinski definition) is 1. The number of carbonyl (C=O) groups is 1. The van der Waals surface area contributed by atoms with Crippen LogP contribution in [0.3, 0.4) is 0 Å². The first-order chi connectivity index (χ1) is 15.1. The molecule has 0 aromatic rings.